The molecule has 1 aromatic rings. The number of carbonyl (C=O) groups is 3. The maximum absolute atomic E-state index is 12.7. The Labute approximate surface area is 166 Å². The number of allylic oxidation sites excluding steroid dienone is 2. The van der Waals surface area contributed by atoms with Crippen molar-refractivity contribution in [3.05, 3.63) is 40.9 Å². The van der Waals surface area contributed by atoms with Gasteiger partial charge in [-0.2, -0.15) is 10.1 Å². The minimum atomic E-state index is -0.838. The van der Waals surface area contributed by atoms with E-state index in [4.69, 9.17) is 16.3 Å². The third kappa shape index (κ3) is 2.99. The molecule has 1 aliphatic heterocycles. The lowest BCUT2D eigenvalue weighted by molar-refractivity contribution is -0.148. The van der Waals surface area contributed by atoms with Crippen molar-refractivity contribution in [2.75, 3.05) is 7.11 Å². The maximum Gasteiger partial charge on any atom is 0.346 e. The van der Waals surface area contributed by atoms with Crippen molar-refractivity contribution < 1.29 is 23.9 Å². The zero-order valence-corrected chi connectivity index (χ0v) is 16.1. The van der Waals surface area contributed by atoms with Crippen LogP contribution in [0.5, 0.6) is 5.75 Å². The molecule has 0 spiro atoms. The molecule has 0 radical (unpaired) electrons. The molecule has 1 heterocycles. The molecule has 2 fully saturated rings. The number of carbonyl (C=O) groups excluding carboxylic acids is 3. The predicted octanol–water partition coefficient (Wildman–Crippen LogP) is 2.42. The van der Waals surface area contributed by atoms with E-state index in [9.17, 15) is 14.4 Å². The van der Waals surface area contributed by atoms with Gasteiger partial charge in [-0.15, -0.1) is 0 Å². The van der Waals surface area contributed by atoms with E-state index < -0.39 is 12.1 Å². The third-order valence-corrected chi connectivity index (χ3v) is 5.80. The molecule has 28 heavy (non-hydrogen) atoms. The first-order valence-electron chi connectivity index (χ1n) is 9.05. The number of imide groups is 1. The first kappa shape index (κ1) is 18.7. The Morgan fingerprint density at radius 2 is 1.89 bits per heavy atom. The summed E-state index contributed by atoms with van der Waals surface area (Å²) >= 11 is 6.06. The fourth-order valence-corrected chi connectivity index (χ4v) is 4.43. The second-order valence-electron chi connectivity index (χ2n) is 7.20. The zero-order valence-electron chi connectivity index (χ0n) is 15.4. The average Bonchev–Trinajstić information content (AvgIpc) is 3.36. The standard InChI is InChI=1S/C20H19ClN2O5/c1-10(20(26)27-2)28-15-6-5-14(21)8-13(15)9-22-23-18(24)16-11-3-4-12(7-11)17(16)19(23)25/h3-6,8-12,16-17H,7H2,1-2H3/t10-,11-,12-,16-,17+/m0/s1. The summed E-state index contributed by atoms with van der Waals surface area (Å²) in [4.78, 5) is 37.0. The Kier molecular flexibility index (Phi) is 4.71. The van der Waals surface area contributed by atoms with Gasteiger partial charge in [0.2, 0.25) is 0 Å². The highest BCUT2D eigenvalue weighted by Crippen LogP contribution is 2.52. The van der Waals surface area contributed by atoms with Gasteiger partial charge in [-0.1, -0.05) is 23.8 Å². The number of benzene rings is 1. The number of hydrazone groups is 1. The van der Waals surface area contributed by atoms with Gasteiger partial charge in [-0.25, -0.2) is 4.79 Å². The molecule has 5 atom stereocenters. The number of nitrogens with zero attached hydrogens (tertiary/aromatic N) is 2. The van der Waals surface area contributed by atoms with Crippen LogP contribution in [0.1, 0.15) is 18.9 Å². The lowest BCUT2D eigenvalue weighted by atomic mass is 9.85. The zero-order chi connectivity index (χ0) is 20.0. The monoisotopic (exact) mass is 402 g/mol. The quantitative estimate of drug-likeness (QED) is 0.327. The summed E-state index contributed by atoms with van der Waals surface area (Å²) in [5.41, 5.74) is 0.446. The highest BCUT2D eigenvalue weighted by Gasteiger charge is 2.59. The Balaban J connectivity index is 1.57. The fraction of sp³-hybridized carbons (Fsp3) is 0.400. The van der Waals surface area contributed by atoms with Crippen LogP contribution in [0.3, 0.4) is 0 Å². The van der Waals surface area contributed by atoms with Gasteiger partial charge in [-0.3, -0.25) is 9.59 Å². The van der Waals surface area contributed by atoms with Crippen LogP contribution in [0.25, 0.3) is 0 Å². The summed E-state index contributed by atoms with van der Waals surface area (Å²) in [6.45, 7) is 1.55. The number of hydrogen-bond acceptors (Lipinski definition) is 6. The fourth-order valence-electron chi connectivity index (χ4n) is 4.25. The Hall–Kier alpha value is -2.67. The van der Waals surface area contributed by atoms with Crippen LogP contribution in [0.15, 0.2) is 35.5 Å². The van der Waals surface area contributed by atoms with Crippen molar-refractivity contribution in [2.45, 2.75) is 19.4 Å². The maximum atomic E-state index is 12.7. The molecule has 2 aliphatic carbocycles. The highest BCUT2D eigenvalue weighted by molar-refractivity contribution is 6.31. The minimum Gasteiger partial charge on any atom is -0.478 e. The number of ether oxygens (including phenoxy) is 2. The van der Waals surface area contributed by atoms with Gasteiger partial charge in [0, 0.05) is 10.6 Å². The van der Waals surface area contributed by atoms with E-state index in [0.29, 0.717) is 16.3 Å². The van der Waals surface area contributed by atoms with E-state index >= 15 is 0 Å². The Morgan fingerprint density at radius 1 is 1.25 bits per heavy atom. The topological polar surface area (TPSA) is 85.3 Å². The molecular weight excluding hydrogens is 384 g/mol. The van der Waals surface area contributed by atoms with E-state index in [1.54, 1.807) is 25.1 Å². The van der Waals surface area contributed by atoms with Crippen LogP contribution in [-0.2, 0) is 19.1 Å². The van der Waals surface area contributed by atoms with Crippen LogP contribution in [-0.4, -0.2) is 42.2 Å². The minimum absolute atomic E-state index is 0.123. The average molecular weight is 403 g/mol. The highest BCUT2D eigenvalue weighted by atomic mass is 35.5. The van der Waals surface area contributed by atoms with Gasteiger partial charge < -0.3 is 9.47 Å². The smallest absolute Gasteiger partial charge is 0.346 e. The number of rotatable bonds is 5. The first-order chi connectivity index (χ1) is 13.4. The van der Waals surface area contributed by atoms with Crippen molar-refractivity contribution in [2.24, 2.45) is 28.8 Å². The number of amides is 2. The van der Waals surface area contributed by atoms with E-state index in [1.807, 2.05) is 12.2 Å². The molecule has 8 heteroatoms. The normalized spacial score (nSPS) is 28.9. The molecule has 1 saturated heterocycles. The molecular formula is C20H19ClN2O5. The van der Waals surface area contributed by atoms with Crippen molar-refractivity contribution in [3.8, 4) is 5.75 Å². The molecule has 2 bridgehead atoms. The second-order valence-corrected chi connectivity index (χ2v) is 7.63. The summed E-state index contributed by atoms with van der Waals surface area (Å²) in [5.74, 6) is -1.10. The first-order valence-corrected chi connectivity index (χ1v) is 9.42. The molecule has 0 unspecified atom stereocenters. The number of esters is 1. The van der Waals surface area contributed by atoms with Crippen LogP contribution < -0.4 is 4.74 Å². The second kappa shape index (κ2) is 7.05. The largest absolute Gasteiger partial charge is 0.478 e. The van der Waals surface area contributed by atoms with Gasteiger partial charge in [0.15, 0.2) is 6.10 Å². The number of fused-ring (bicyclic) bond motifs is 5. The Morgan fingerprint density at radius 3 is 2.50 bits per heavy atom. The lowest BCUT2D eigenvalue weighted by Crippen LogP contribution is -2.28. The van der Waals surface area contributed by atoms with E-state index in [0.717, 1.165) is 11.4 Å². The predicted molar refractivity (Wildman–Crippen MR) is 101 cm³/mol. The van der Waals surface area contributed by atoms with E-state index in [1.165, 1.54) is 13.3 Å². The third-order valence-electron chi connectivity index (χ3n) is 5.57. The molecule has 4 rings (SSSR count). The van der Waals surface area contributed by atoms with Gasteiger partial charge in [-0.05, 0) is 43.4 Å². The molecule has 146 valence electrons. The van der Waals surface area contributed by atoms with Gasteiger partial charge in [0.1, 0.15) is 5.75 Å². The van der Waals surface area contributed by atoms with Crippen molar-refractivity contribution in [1.82, 2.24) is 5.01 Å². The summed E-state index contributed by atoms with van der Waals surface area (Å²) < 4.78 is 10.3. The molecule has 1 saturated carbocycles. The van der Waals surface area contributed by atoms with Crippen LogP contribution in [0.4, 0.5) is 0 Å². The SMILES string of the molecule is COC(=O)[C@H](C)Oc1ccc(Cl)cc1C=NN1C(=O)[C@@H]2[C@H](C1=O)[C@H]1C=C[C@H]2C1. The van der Waals surface area contributed by atoms with E-state index in [-0.39, 0.29) is 35.5 Å². The number of halogens is 1. The van der Waals surface area contributed by atoms with E-state index in [2.05, 4.69) is 9.84 Å². The van der Waals surface area contributed by atoms with Crippen molar-refractivity contribution >= 4 is 35.6 Å². The molecule has 7 nitrogen and oxygen atoms in total. The van der Waals surface area contributed by atoms with Crippen LogP contribution in [0.2, 0.25) is 5.02 Å². The number of methoxy groups -OCH3 is 1. The summed E-state index contributed by atoms with van der Waals surface area (Å²) in [5, 5.41) is 5.52. The molecule has 0 N–H and O–H groups in total. The van der Waals surface area contributed by atoms with Crippen molar-refractivity contribution in [1.29, 1.82) is 0 Å². The van der Waals surface area contributed by atoms with Crippen LogP contribution in [0, 0.1) is 23.7 Å². The van der Waals surface area contributed by atoms with Crippen LogP contribution >= 0.6 is 11.6 Å². The van der Waals surface area contributed by atoms with Gasteiger partial charge >= 0.3 is 5.97 Å². The summed E-state index contributed by atoms with van der Waals surface area (Å²) in [6, 6.07) is 4.79. The molecule has 2 amide bonds. The van der Waals surface area contributed by atoms with Gasteiger partial charge in [0.05, 0.1) is 25.2 Å². The summed E-state index contributed by atoms with van der Waals surface area (Å²) in [6.07, 6.45) is 5.44. The molecule has 3 aliphatic rings. The Bertz CT molecular complexity index is 882. The molecule has 0 aromatic heterocycles. The summed E-state index contributed by atoms with van der Waals surface area (Å²) in [7, 11) is 1.27. The lowest BCUT2D eigenvalue weighted by Gasteiger charge is -2.15. The van der Waals surface area contributed by atoms with Gasteiger partial charge in [0.25, 0.3) is 11.8 Å². The molecule has 1 aromatic carbocycles. The van der Waals surface area contributed by atoms with Crippen molar-refractivity contribution in [3.63, 3.8) is 0 Å². The number of hydrogen-bond donors (Lipinski definition) is 0.